The zero-order valence-electron chi connectivity index (χ0n) is 19.2. The molecule has 0 N–H and O–H groups in total. The Labute approximate surface area is 192 Å². The highest BCUT2D eigenvalue weighted by Gasteiger charge is 2.28. The maximum atomic E-state index is 14.4. The summed E-state index contributed by atoms with van der Waals surface area (Å²) < 4.78 is 15.9. The highest BCUT2D eigenvalue weighted by molar-refractivity contribution is 5.94. The maximum Gasteiger partial charge on any atom is 0.266 e. The van der Waals surface area contributed by atoms with Crippen LogP contribution in [0.2, 0.25) is 0 Å². The molecule has 0 saturated carbocycles. The van der Waals surface area contributed by atoms with Gasteiger partial charge in [-0.2, -0.15) is 0 Å². The molecule has 6 heteroatoms. The van der Waals surface area contributed by atoms with Crippen molar-refractivity contribution in [3.05, 3.63) is 105 Å². The van der Waals surface area contributed by atoms with Gasteiger partial charge in [-0.3, -0.25) is 14.2 Å². The number of hydrogen-bond acceptors (Lipinski definition) is 3. The normalized spacial score (nSPS) is 12.0. The van der Waals surface area contributed by atoms with Gasteiger partial charge in [-0.15, -0.1) is 0 Å². The summed E-state index contributed by atoms with van der Waals surface area (Å²) in [7, 11) is 0. The SMILES string of the molecule is CCN(C(=O)c1ccccc1F)C(C)c1nc2ccccc2c(=O)n1-c1ccc(C)c(C)c1. The van der Waals surface area contributed by atoms with Gasteiger partial charge in [0, 0.05) is 6.54 Å². The van der Waals surface area contributed by atoms with Gasteiger partial charge in [0.1, 0.15) is 11.6 Å². The number of aromatic nitrogens is 2. The number of para-hydroxylation sites is 1. The number of halogens is 1. The third-order valence-corrected chi connectivity index (χ3v) is 6.10. The lowest BCUT2D eigenvalue weighted by molar-refractivity contribution is 0.0688. The Kier molecular flexibility index (Phi) is 6.09. The van der Waals surface area contributed by atoms with Gasteiger partial charge in [-0.1, -0.05) is 30.3 Å². The average Bonchev–Trinajstić information content (AvgIpc) is 2.81. The number of amides is 1. The minimum atomic E-state index is -0.582. The van der Waals surface area contributed by atoms with Crippen molar-refractivity contribution in [3.63, 3.8) is 0 Å². The number of aryl methyl sites for hydroxylation is 2. The number of benzene rings is 3. The average molecular weight is 444 g/mol. The molecular weight excluding hydrogens is 417 g/mol. The van der Waals surface area contributed by atoms with Gasteiger partial charge >= 0.3 is 0 Å². The van der Waals surface area contributed by atoms with Gasteiger partial charge < -0.3 is 4.90 Å². The molecule has 5 nitrogen and oxygen atoms in total. The van der Waals surface area contributed by atoms with E-state index in [0.717, 1.165) is 11.1 Å². The molecule has 1 amide bonds. The molecule has 0 aliphatic rings. The van der Waals surface area contributed by atoms with Gasteiger partial charge in [0.05, 0.1) is 28.2 Å². The van der Waals surface area contributed by atoms with Crippen LogP contribution in [-0.2, 0) is 0 Å². The van der Waals surface area contributed by atoms with E-state index in [-0.39, 0.29) is 11.1 Å². The minimum absolute atomic E-state index is 0.00735. The van der Waals surface area contributed by atoms with Gasteiger partial charge in [0.2, 0.25) is 0 Å². The molecule has 1 atom stereocenters. The molecule has 0 bridgehead atoms. The molecule has 4 aromatic rings. The summed E-state index contributed by atoms with van der Waals surface area (Å²) in [4.78, 5) is 33.2. The Hall–Kier alpha value is -3.80. The van der Waals surface area contributed by atoms with Crippen molar-refractivity contribution in [2.45, 2.75) is 33.7 Å². The second-order valence-corrected chi connectivity index (χ2v) is 8.14. The zero-order chi connectivity index (χ0) is 23.7. The molecule has 4 rings (SSSR count). The fraction of sp³-hybridized carbons (Fsp3) is 0.222. The molecule has 168 valence electrons. The van der Waals surface area contributed by atoms with Crippen molar-refractivity contribution >= 4 is 16.8 Å². The number of nitrogens with zero attached hydrogens (tertiary/aromatic N) is 3. The molecular formula is C27H26FN3O2. The van der Waals surface area contributed by atoms with E-state index in [1.165, 1.54) is 17.0 Å². The fourth-order valence-electron chi connectivity index (χ4n) is 4.07. The quantitative estimate of drug-likeness (QED) is 0.417. The number of hydrogen-bond donors (Lipinski definition) is 0. The lowest BCUT2D eigenvalue weighted by atomic mass is 10.1. The van der Waals surface area contributed by atoms with Crippen LogP contribution >= 0.6 is 0 Å². The van der Waals surface area contributed by atoms with Crippen LogP contribution in [-0.4, -0.2) is 26.9 Å². The van der Waals surface area contributed by atoms with Crippen LogP contribution < -0.4 is 5.56 Å². The molecule has 3 aromatic carbocycles. The Balaban J connectivity index is 1.93. The smallest absolute Gasteiger partial charge is 0.266 e. The van der Waals surface area contributed by atoms with E-state index >= 15 is 0 Å². The molecule has 0 saturated heterocycles. The number of rotatable bonds is 5. The Morgan fingerprint density at radius 3 is 2.42 bits per heavy atom. The predicted molar refractivity (Wildman–Crippen MR) is 128 cm³/mol. The Morgan fingerprint density at radius 2 is 1.73 bits per heavy atom. The summed E-state index contributed by atoms with van der Waals surface area (Å²) in [6.07, 6.45) is 0. The third kappa shape index (κ3) is 4.04. The standard InChI is InChI=1S/C27H26FN3O2/c1-5-30(26(32)21-10-6-8-12-23(21)28)19(4)25-29-24-13-9-7-11-22(24)27(33)31(25)20-15-14-17(2)18(3)16-20/h6-16,19H,5H2,1-4H3. The van der Waals surface area contributed by atoms with Crippen molar-refractivity contribution < 1.29 is 9.18 Å². The zero-order valence-corrected chi connectivity index (χ0v) is 19.2. The molecule has 1 aromatic heterocycles. The fourth-order valence-corrected chi connectivity index (χ4v) is 4.07. The van der Waals surface area contributed by atoms with Gasteiger partial charge in [-0.05, 0) is 75.2 Å². The molecule has 33 heavy (non-hydrogen) atoms. The summed E-state index contributed by atoms with van der Waals surface area (Å²) in [6.45, 7) is 7.96. The molecule has 1 heterocycles. The first-order valence-corrected chi connectivity index (χ1v) is 11.0. The summed E-state index contributed by atoms with van der Waals surface area (Å²) >= 11 is 0. The molecule has 0 fully saturated rings. The van der Waals surface area contributed by atoms with Crippen molar-refractivity contribution in [1.82, 2.24) is 14.5 Å². The molecule has 0 aliphatic heterocycles. The van der Waals surface area contributed by atoms with E-state index in [0.29, 0.717) is 29.0 Å². The van der Waals surface area contributed by atoms with Crippen molar-refractivity contribution in [2.24, 2.45) is 0 Å². The van der Waals surface area contributed by atoms with Crippen LogP contribution in [0.5, 0.6) is 0 Å². The van der Waals surface area contributed by atoms with Crippen LogP contribution in [0.3, 0.4) is 0 Å². The largest absolute Gasteiger partial charge is 0.329 e. The first kappa shape index (κ1) is 22.4. The van der Waals surface area contributed by atoms with Gasteiger partial charge in [0.15, 0.2) is 0 Å². The number of carbonyl (C=O) groups is 1. The van der Waals surface area contributed by atoms with E-state index in [9.17, 15) is 14.0 Å². The molecule has 1 unspecified atom stereocenters. The first-order chi connectivity index (χ1) is 15.8. The first-order valence-electron chi connectivity index (χ1n) is 11.0. The van der Waals surface area contributed by atoms with E-state index in [2.05, 4.69) is 0 Å². The number of carbonyl (C=O) groups excluding carboxylic acids is 1. The van der Waals surface area contributed by atoms with Crippen molar-refractivity contribution in [3.8, 4) is 5.69 Å². The van der Waals surface area contributed by atoms with Crippen LogP contribution in [0.15, 0.2) is 71.5 Å². The molecule has 0 radical (unpaired) electrons. The predicted octanol–water partition coefficient (Wildman–Crippen LogP) is 5.36. The van der Waals surface area contributed by atoms with E-state index < -0.39 is 17.8 Å². The highest BCUT2D eigenvalue weighted by Crippen LogP contribution is 2.25. The van der Waals surface area contributed by atoms with Crippen LogP contribution in [0.25, 0.3) is 16.6 Å². The van der Waals surface area contributed by atoms with E-state index in [4.69, 9.17) is 4.98 Å². The van der Waals surface area contributed by atoms with Crippen LogP contribution in [0, 0.1) is 19.7 Å². The summed E-state index contributed by atoms with van der Waals surface area (Å²) in [5.74, 6) is -0.600. The van der Waals surface area contributed by atoms with Crippen molar-refractivity contribution in [2.75, 3.05) is 6.54 Å². The summed E-state index contributed by atoms with van der Waals surface area (Å²) in [5, 5.41) is 0.496. The monoisotopic (exact) mass is 443 g/mol. The molecule has 0 spiro atoms. The van der Waals surface area contributed by atoms with Gasteiger partial charge in [0.25, 0.3) is 11.5 Å². The summed E-state index contributed by atoms with van der Waals surface area (Å²) in [5.41, 5.74) is 3.17. The number of fused-ring (bicyclic) bond motifs is 1. The lowest BCUT2D eigenvalue weighted by Gasteiger charge is -2.30. The van der Waals surface area contributed by atoms with Gasteiger partial charge in [-0.25, -0.2) is 9.37 Å². The van der Waals surface area contributed by atoms with Crippen molar-refractivity contribution in [1.29, 1.82) is 0 Å². The minimum Gasteiger partial charge on any atom is -0.329 e. The Bertz CT molecular complexity index is 1410. The highest BCUT2D eigenvalue weighted by atomic mass is 19.1. The Morgan fingerprint density at radius 1 is 1.03 bits per heavy atom. The van der Waals surface area contributed by atoms with E-state index in [1.54, 1.807) is 34.9 Å². The van der Waals surface area contributed by atoms with E-state index in [1.807, 2.05) is 52.0 Å². The second kappa shape index (κ2) is 8.98. The third-order valence-electron chi connectivity index (χ3n) is 6.10. The lowest BCUT2D eigenvalue weighted by Crippen LogP contribution is -2.37. The summed E-state index contributed by atoms with van der Waals surface area (Å²) in [6, 6.07) is 18.3. The topological polar surface area (TPSA) is 55.2 Å². The second-order valence-electron chi connectivity index (χ2n) is 8.14. The molecule has 0 aliphatic carbocycles. The van der Waals surface area contributed by atoms with Crippen LogP contribution in [0.1, 0.15) is 47.2 Å². The maximum absolute atomic E-state index is 14.4. The van der Waals surface area contributed by atoms with Crippen LogP contribution in [0.4, 0.5) is 4.39 Å².